The number of hydrogen-bond donors (Lipinski definition) is 0. The Balaban J connectivity index is 2.02. The standard InChI is InChI=1S/C16H20ClNO4/c1-16(2,3)22-15(20)18-9-14(8-12(18)10-19)21-13-6-4-5-11(17)7-13/h4-7,10,12,14H,8-9H2,1-3H3/t12-,14-/m0/s1. The zero-order valence-electron chi connectivity index (χ0n) is 12.9. The summed E-state index contributed by atoms with van der Waals surface area (Å²) in [4.78, 5) is 24.8. The number of likely N-dealkylation sites (tertiary alicyclic amines) is 1. The van der Waals surface area contributed by atoms with Gasteiger partial charge in [0.1, 0.15) is 23.7 Å². The molecule has 6 heteroatoms. The first-order valence-corrected chi connectivity index (χ1v) is 7.53. The van der Waals surface area contributed by atoms with Gasteiger partial charge < -0.3 is 14.3 Å². The fourth-order valence-corrected chi connectivity index (χ4v) is 2.48. The summed E-state index contributed by atoms with van der Waals surface area (Å²) in [6, 6.07) is 6.50. The van der Waals surface area contributed by atoms with Gasteiger partial charge in [0.05, 0.1) is 12.6 Å². The number of rotatable bonds is 3. The predicted octanol–water partition coefficient (Wildman–Crippen LogP) is 3.30. The van der Waals surface area contributed by atoms with E-state index in [2.05, 4.69) is 0 Å². The van der Waals surface area contributed by atoms with E-state index in [1.54, 1.807) is 45.0 Å². The first-order valence-electron chi connectivity index (χ1n) is 7.15. The first kappa shape index (κ1) is 16.6. The Morgan fingerprint density at radius 3 is 2.73 bits per heavy atom. The lowest BCUT2D eigenvalue weighted by atomic mass is 10.2. The summed E-state index contributed by atoms with van der Waals surface area (Å²) >= 11 is 5.92. The Kier molecular flexibility index (Phi) is 4.96. The van der Waals surface area contributed by atoms with E-state index < -0.39 is 17.7 Å². The first-order chi connectivity index (χ1) is 10.3. The molecule has 1 aromatic rings. The topological polar surface area (TPSA) is 55.8 Å². The van der Waals surface area contributed by atoms with Crippen molar-refractivity contribution in [1.29, 1.82) is 0 Å². The number of nitrogens with zero attached hydrogens (tertiary/aromatic N) is 1. The van der Waals surface area contributed by atoms with Gasteiger partial charge in [-0.2, -0.15) is 0 Å². The number of ether oxygens (including phenoxy) is 2. The second-order valence-electron chi connectivity index (χ2n) is 6.27. The van der Waals surface area contributed by atoms with E-state index in [1.807, 2.05) is 0 Å². The van der Waals surface area contributed by atoms with Gasteiger partial charge in [-0.3, -0.25) is 4.90 Å². The fraction of sp³-hybridized carbons (Fsp3) is 0.500. The van der Waals surface area contributed by atoms with Crippen LogP contribution in [0.15, 0.2) is 24.3 Å². The predicted molar refractivity (Wildman–Crippen MR) is 83.3 cm³/mol. The second kappa shape index (κ2) is 6.57. The largest absolute Gasteiger partial charge is 0.488 e. The summed E-state index contributed by atoms with van der Waals surface area (Å²) in [6.07, 6.45) is 0.434. The second-order valence-corrected chi connectivity index (χ2v) is 6.71. The fourth-order valence-electron chi connectivity index (χ4n) is 2.30. The lowest BCUT2D eigenvalue weighted by molar-refractivity contribution is -0.111. The SMILES string of the molecule is CC(C)(C)OC(=O)N1C[C@@H](Oc2cccc(Cl)c2)C[C@H]1C=O. The van der Waals surface area contributed by atoms with Crippen LogP contribution < -0.4 is 4.74 Å². The highest BCUT2D eigenvalue weighted by Gasteiger charge is 2.38. The Labute approximate surface area is 135 Å². The molecular formula is C16H20ClNO4. The molecule has 1 aliphatic rings. The van der Waals surface area contributed by atoms with Crippen molar-refractivity contribution in [1.82, 2.24) is 4.90 Å². The summed E-state index contributed by atoms with van der Waals surface area (Å²) in [5, 5.41) is 0.575. The van der Waals surface area contributed by atoms with Gasteiger partial charge in [0.2, 0.25) is 0 Å². The molecule has 0 bridgehead atoms. The molecule has 2 atom stereocenters. The zero-order valence-corrected chi connectivity index (χ0v) is 13.7. The molecule has 1 aromatic carbocycles. The summed E-state index contributed by atoms with van der Waals surface area (Å²) < 4.78 is 11.1. The molecule has 2 rings (SSSR count). The molecule has 0 unspecified atom stereocenters. The molecule has 1 heterocycles. The van der Waals surface area contributed by atoms with Crippen LogP contribution in [0.2, 0.25) is 5.02 Å². The van der Waals surface area contributed by atoms with Crippen molar-refractivity contribution in [3.8, 4) is 5.75 Å². The van der Waals surface area contributed by atoms with Crippen molar-refractivity contribution in [2.45, 2.75) is 44.9 Å². The van der Waals surface area contributed by atoms with E-state index in [0.717, 1.165) is 6.29 Å². The van der Waals surface area contributed by atoms with Crippen LogP contribution in [0.4, 0.5) is 4.79 Å². The number of carbonyl (C=O) groups is 2. The van der Waals surface area contributed by atoms with Crippen LogP contribution in [0, 0.1) is 0 Å². The molecule has 1 amide bonds. The lowest BCUT2D eigenvalue weighted by Crippen LogP contribution is -2.41. The maximum Gasteiger partial charge on any atom is 0.411 e. The van der Waals surface area contributed by atoms with Crippen molar-refractivity contribution >= 4 is 24.0 Å². The Morgan fingerprint density at radius 1 is 1.41 bits per heavy atom. The minimum Gasteiger partial charge on any atom is -0.488 e. The van der Waals surface area contributed by atoms with Crippen LogP contribution in [-0.4, -0.2) is 41.6 Å². The summed E-state index contributed by atoms with van der Waals surface area (Å²) in [5.74, 6) is 0.619. The molecule has 1 aliphatic heterocycles. The van der Waals surface area contributed by atoms with Crippen LogP contribution in [0.1, 0.15) is 27.2 Å². The molecule has 0 radical (unpaired) electrons. The van der Waals surface area contributed by atoms with Gasteiger partial charge in [-0.15, -0.1) is 0 Å². The van der Waals surface area contributed by atoms with Crippen LogP contribution in [0.25, 0.3) is 0 Å². The van der Waals surface area contributed by atoms with Crippen molar-refractivity contribution in [2.24, 2.45) is 0 Å². The van der Waals surface area contributed by atoms with Gasteiger partial charge in [0.15, 0.2) is 0 Å². The minimum atomic E-state index is -0.601. The molecule has 0 aromatic heterocycles. The van der Waals surface area contributed by atoms with Gasteiger partial charge >= 0.3 is 6.09 Å². The molecule has 0 saturated carbocycles. The Hall–Kier alpha value is -1.75. The van der Waals surface area contributed by atoms with Crippen LogP contribution >= 0.6 is 11.6 Å². The molecule has 0 N–H and O–H groups in total. The maximum absolute atomic E-state index is 12.2. The van der Waals surface area contributed by atoms with Gasteiger partial charge in [-0.25, -0.2) is 4.79 Å². The molecule has 22 heavy (non-hydrogen) atoms. The molecule has 0 spiro atoms. The van der Waals surface area contributed by atoms with Crippen molar-refractivity contribution in [3.63, 3.8) is 0 Å². The third-order valence-electron chi connectivity index (χ3n) is 3.19. The quantitative estimate of drug-likeness (QED) is 0.800. The smallest absolute Gasteiger partial charge is 0.411 e. The zero-order chi connectivity index (χ0) is 16.3. The number of hydrogen-bond acceptors (Lipinski definition) is 4. The Bertz CT molecular complexity index is 555. The molecule has 120 valence electrons. The van der Waals surface area contributed by atoms with Crippen LogP contribution in [-0.2, 0) is 9.53 Å². The molecule has 1 saturated heterocycles. The highest BCUT2D eigenvalue weighted by atomic mass is 35.5. The third kappa shape index (κ3) is 4.37. The molecule has 5 nitrogen and oxygen atoms in total. The molecule has 0 aliphatic carbocycles. The van der Waals surface area contributed by atoms with E-state index in [0.29, 0.717) is 23.7 Å². The van der Waals surface area contributed by atoms with E-state index in [9.17, 15) is 9.59 Å². The van der Waals surface area contributed by atoms with Crippen LogP contribution in [0.3, 0.4) is 0 Å². The van der Waals surface area contributed by atoms with Gasteiger partial charge in [0.25, 0.3) is 0 Å². The number of benzene rings is 1. The summed E-state index contributed by atoms with van der Waals surface area (Å²) in [7, 11) is 0. The van der Waals surface area contributed by atoms with Crippen molar-refractivity contribution < 1.29 is 19.1 Å². The van der Waals surface area contributed by atoms with Gasteiger partial charge in [0, 0.05) is 11.4 Å². The summed E-state index contributed by atoms with van der Waals surface area (Å²) in [6.45, 7) is 5.68. The highest BCUT2D eigenvalue weighted by Crippen LogP contribution is 2.25. The van der Waals surface area contributed by atoms with Crippen molar-refractivity contribution in [2.75, 3.05) is 6.54 Å². The Morgan fingerprint density at radius 2 is 2.14 bits per heavy atom. The summed E-state index contributed by atoms with van der Waals surface area (Å²) in [5.41, 5.74) is -0.601. The average molecular weight is 326 g/mol. The number of amides is 1. The monoisotopic (exact) mass is 325 g/mol. The lowest BCUT2D eigenvalue weighted by Gasteiger charge is -2.26. The van der Waals surface area contributed by atoms with Crippen molar-refractivity contribution in [3.05, 3.63) is 29.3 Å². The van der Waals surface area contributed by atoms with E-state index in [-0.39, 0.29) is 6.10 Å². The molecule has 1 fully saturated rings. The number of aldehydes is 1. The van der Waals surface area contributed by atoms with E-state index >= 15 is 0 Å². The third-order valence-corrected chi connectivity index (χ3v) is 3.42. The van der Waals surface area contributed by atoms with Crippen LogP contribution in [0.5, 0.6) is 5.75 Å². The normalized spacial score (nSPS) is 21.5. The van der Waals surface area contributed by atoms with E-state index in [4.69, 9.17) is 21.1 Å². The van der Waals surface area contributed by atoms with Gasteiger partial charge in [-0.1, -0.05) is 17.7 Å². The number of halogens is 1. The minimum absolute atomic E-state index is 0.263. The average Bonchev–Trinajstić information content (AvgIpc) is 2.80. The van der Waals surface area contributed by atoms with Gasteiger partial charge in [-0.05, 0) is 39.0 Å². The highest BCUT2D eigenvalue weighted by molar-refractivity contribution is 6.30. The molecular weight excluding hydrogens is 306 g/mol. The number of carbonyl (C=O) groups excluding carboxylic acids is 2. The maximum atomic E-state index is 12.2. The van der Waals surface area contributed by atoms with E-state index in [1.165, 1.54) is 4.90 Å².